The van der Waals surface area contributed by atoms with E-state index < -0.39 is 0 Å². The van der Waals surface area contributed by atoms with E-state index in [9.17, 15) is 4.79 Å². The minimum Gasteiger partial charge on any atom is -0.294 e. The van der Waals surface area contributed by atoms with Gasteiger partial charge < -0.3 is 0 Å². The third-order valence-electron chi connectivity index (χ3n) is 0.553. The topological polar surface area (TPSA) is 55.1 Å². The fraction of sp³-hybridized carbons (Fsp3) is 0.250. The second-order valence-electron chi connectivity index (χ2n) is 1.13. The Kier molecular flexibility index (Phi) is 4.59. The second-order valence-corrected chi connectivity index (χ2v) is 1.66. The normalized spacial score (nSPS) is 9.75. The number of nitrogens with two attached hydrogens (primary N) is 1. The zero-order valence-electron chi connectivity index (χ0n) is 4.23. The Bertz CT molecular complexity index is 102. The van der Waals surface area contributed by atoms with Crippen molar-refractivity contribution in [2.75, 3.05) is 0 Å². The van der Waals surface area contributed by atoms with Gasteiger partial charge in [0, 0.05) is 6.42 Å². The van der Waals surface area contributed by atoms with E-state index in [-0.39, 0.29) is 5.91 Å². The molecular weight excluding hydrogens is 172 g/mol. The molecule has 0 aliphatic carbocycles. The van der Waals surface area contributed by atoms with E-state index in [4.69, 9.17) is 5.84 Å². The molecule has 4 heteroatoms. The summed E-state index contributed by atoms with van der Waals surface area (Å²) in [5.41, 5.74) is 1.99. The van der Waals surface area contributed by atoms with E-state index in [1.165, 1.54) is 0 Å². The molecule has 0 saturated heterocycles. The van der Waals surface area contributed by atoms with Crippen molar-refractivity contribution in [2.24, 2.45) is 5.84 Å². The highest BCUT2D eigenvalue weighted by Crippen LogP contribution is 1.86. The molecule has 0 spiro atoms. The van der Waals surface area contributed by atoms with Crippen LogP contribution in [0.1, 0.15) is 6.42 Å². The summed E-state index contributed by atoms with van der Waals surface area (Å²) in [5.74, 6) is 4.57. The first-order chi connectivity index (χ1) is 3.81. The zero-order valence-corrected chi connectivity index (χ0v) is 5.81. The molecule has 3 nitrogen and oxygen atoms in total. The van der Waals surface area contributed by atoms with E-state index in [1.54, 1.807) is 11.1 Å². The summed E-state index contributed by atoms with van der Waals surface area (Å²) in [7, 11) is 0. The van der Waals surface area contributed by atoms with Crippen LogP contribution in [0.25, 0.3) is 0 Å². The Morgan fingerprint density at radius 1 is 1.88 bits per heavy atom. The van der Waals surface area contributed by atoms with Gasteiger partial charge in [0.25, 0.3) is 0 Å². The minimum atomic E-state index is -0.194. The Balaban J connectivity index is 3.25. The number of hydrogen-bond acceptors (Lipinski definition) is 2. The van der Waals surface area contributed by atoms with Gasteiger partial charge in [0.1, 0.15) is 0 Å². The molecule has 0 unspecified atom stereocenters. The van der Waals surface area contributed by atoms with Crippen molar-refractivity contribution in [1.29, 1.82) is 0 Å². The second kappa shape index (κ2) is 4.80. The molecule has 0 aromatic rings. The van der Waals surface area contributed by atoms with E-state index in [1.807, 2.05) is 5.43 Å². The highest BCUT2D eigenvalue weighted by molar-refractivity contribution is 9.11. The molecule has 8 heavy (non-hydrogen) atoms. The molecule has 0 radical (unpaired) electrons. The maximum absolute atomic E-state index is 10.3. The SMILES string of the molecule is NNC(=O)CC=CBr. The lowest BCUT2D eigenvalue weighted by atomic mass is 10.4. The number of amides is 1. The van der Waals surface area contributed by atoms with E-state index in [0.717, 1.165) is 0 Å². The Morgan fingerprint density at radius 2 is 2.50 bits per heavy atom. The molecule has 0 rings (SSSR count). The van der Waals surface area contributed by atoms with Gasteiger partial charge in [-0.3, -0.25) is 10.2 Å². The minimum absolute atomic E-state index is 0.194. The van der Waals surface area contributed by atoms with Gasteiger partial charge in [-0.05, 0) is 4.99 Å². The molecule has 0 bridgehead atoms. The van der Waals surface area contributed by atoms with E-state index in [2.05, 4.69) is 15.9 Å². The van der Waals surface area contributed by atoms with Crippen molar-refractivity contribution in [2.45, 2.75) is 6.42 Å². The average Bonchev–Trinajstić information content (AvgIpc) is 1.83. The maximum atomic E-state index is 10.3. The summed E-state index contributed by atoms with van der Waals surface area (Å²) in [6.45, 7) is 0. The monoisotopic (exact) mass is 178 g/mol. The zero-order chi connectivity index (χ0) is 6.41. The first-order valence-electron chi connectivity index (χ1n) is 2.06. The fourth-order valence-electron chi connectivity index (χ4n) is 0.211. The van der Waals surface area contributed by atoms with Crippen LogP contribution in [0.3, 0.4) is 0 Å². The van der Waals surface area contributed by atoms with Crippen molar-refractivity contribution in [1.82, 2.24) is 5.43 Å². The van der Waals surface area contributed by atoms with Crippen molar-refractivity contribution in [3.05, 3.63) is 11.1 Å². The molecule has 0 heterocycles. The van der Waals surface area contributed by atoms with Crippen LogP contribution in [0, 0.1) is 0 Å². The van der Waals surface area contributed by atoms with Crippen LogP contribution >= 0.6 is 15.9 Å². The molecule has 0 aromatic carbocycles. The summed E-state index contributed by atoms with van der Waals surface area (Å²) in [5, 5.41) is 0. The maximum Gasteiger partial charge on any atom is 0.237 e. The smallest absolute Gasteiger partial charge is 0.237 e. The lowest BCUT2D eigenvalue weighted by Crippen LogP contribution is -2.29. The van der Waals surface area contributed by atoms with Crippen LogP contribution in [0.15, 0.2) is 11.1 Å². The quantitative estimate of drug-likeness (QED) is 0.363. The van der Waals surface area contributed by atoms with Gasteiger partial charge in [-0.2, -0.15) is 0 Å². The van der Waals surface area contributed by atoms with Gasteiger partial charge in [0.2, 0.25) is 5.91 Å². The lowest BCUT2D eigenvalue weighted by Gasteiger charge is -1.89. The number of halogens is 1. The van der Waals surface area contributed by atoms with Gasteiger partial charge in [0.05, 0.1) is 0 Å². The van der Waals surface area contributed by atoms with Gasteiger partial charge >= 0.3 is 0 Å². The molecule has 1 amide bonds. The van der Waals surface area contributed by atoms with Crippen LogP contribution in [0.5, 0.6) is 0 Å². The highest BCUT2D eigenvalue weighted by atomic mass is 79.9. The summed E-state index contributed by atoms with van der Waals surface area (Å²) < 4.78 is 0. The van der Waals surface area contributed by atoms with Crippen LogP contribution in [-0.2, 0) is 4.79 Å². The number of carbonyl (C=O) groups excluding carboxylic acids is 1. The molecule has 0 saturated carbocycles. The van der Waals surface area contributed by atoms with Crippen molar-refractivity contribution in [3.8, 4) is 0 Å². The predicted molar refractivity (Wildman–Crippen MR) is 35.0 cm³/mol. The third kappa shape index (κ3) is 3.83. The number of hydrazine groups is 1. The van der Waals surface area contributed by atoms with Gasteiger partial charge in [-0.15, -0.1) is 0 Å². The summed E-state index contributed by atoms with van der Waals surface area (Å²) in [6, 6.07) is 0. The Morgan fingerprint density at radius 3 is 2.88 bits per heavy atom. The summed E-state index contributed by atoms with van der Waals surface area (Å²) in [4.78, 5) is 11.9. The summed E-state index contributed by atoms with van der Waals surface area (Å²) in [6.07, 6.45) is 1.98. The van der Waals surface area contributed by atoms with Gasteiger partial charge in [-0.25, -0.2) is 5.84 Å². The molecule has 46 valence electrons. The van der Waals surface area contributed by atoms with E-state index in [0.29, 0.717) is 6.42 Å². The number of hydrogen-bond donors (Lipinski definition) is 2. The standard InChI is InChI=1S/C4H7BrN2O/c5-3-1-2-4(8)7-6/h1,3H,2,6H2,(H,7,8). The first-order valence-corrected chi connectivity index (χ1v) is 2.97. The lowest BCUT2D eigenvalue weighted by molar-refractivity contribution is -0.120. The van der Waals surface area contributed by atoms with E-state index >= 15 is 0 Å². The number of rotatable bonds is 2. The highest BCUT2D eigenvalue weighted by Gasteiger charge is 1.89. The largest absolute Gasteiger partial charge is 0.294 e. The summed E-state index contributed by atoms with van der Waals surface area (Å²) >= 11 is 3.01. The average molecular weight is 179 g/mol. The molecule has 0 aliphatic heterocycles. The van der Waals surface area contributed by atoms with Gasteiger partial charge in [-0.1, -0.05) is 22.0 Å². The van der Waals surface area contributed by atoms with Gasteiger partial charge in [0.15, 0.2) is 0 Å². The molecule has 0 aliphatic rings. The van der Waals surface area contributed by atoms with Crippen molar-refractivity contribution in [3.63, 3.8) is 0 Å². The first kappa shape index (κ1) is 7.65. The molecule has 0 fully saturated rings. The molecule has 3 N–H and O–H groups in total. The van der Waals surface area contributed by atoms with Crippen LogP contribution in [-0.4, -0.2) is 5.91 Å². The molecule has 0 aromatic heterocycles. The van der Waals surface area contributed by atoms with Crippen LogP contribution < -0.4 is 11.3 Å². The molecular formula is C4H7BrN2O. The number of nitrogens with one attached hydrogen (secondary N) is 1. The Hall–Kier alpha value is -0.350. The predicted octanol–water partition coefficient (Wildman–Crippen LogP) is 0.275. The van der Waals surface area contributed by atoms with Crippen LogP contribution in [0.4, 0.5) is 0 Å². The molecule has 0 atom stereocenters. The third-order valence-corrected chi connectivity index (χ3v) is 0.927. The van der Waals surface area contributed by atoms with Crippen LogP contribution in [0.2, 0.25) is 0 Å². The number of carbonyl (C=O) groups is 1. The fourth-order valence-corrected chi connectivity index (χ4v) is 0.397. The Labute approximate surface area is 56.0 Å². The van der Waals surface area contributed by atoms with Crippen molar-refractivity contribution >= 4 is 21.8 Å². The van der Waals surface area contributed by atoms with Crippen molar-refractivity contribution < 1.29 is 4.79 Å².